The highest BCUT2D eigenvalue weighted by Crippen LogP contribution is 2.27. The summed E-state index contributed by atoms with van der Waals surface area (Å²) in [6, 6.07) is 7.27. The zero-order valence-electron chi connectivity index (χ0n) is 15.5. The molecule has 1 heterocycles. The standard InChI is InChI=1S/C19H26N4O3/c1-4-5-6-10-20-18(24)15-9-11-21-19(23-15)22-13-14-7-8-16(25-2)17(12-14)26-3/h7-9,11-12H,4-6,10,13H2,1-3H3,(H,20,24)(H,21,22,23). The first-order valence-electron chi connectivity index (χ1n) is 8.74. The van der Waals surface area contributed by atoms with Crippen molar-refractivity contribution in [2.24, 2.45) is 0 Å². The Morgan fingerprint density at radius 2 is 1.92 bits per heavy atom. The van der Waals surface area contributed by atoms with Crippen LogP contribution in [-0.4, -0.2) is 36.6 Å². The quantitative estimate of drug-likeness (QED) is 0.635. The minimum atomic E-state index is -0.183. The first-order valence-corrected chi connectivity index (χ1v) is 8.74. The van der Waals surface area contributed by atoms with Crippen LogP contribution in [0.4, 0.5) is 5.95 Å². The fraction of sp³-hybridized carbons (Fsp3) is 0.421. The minimum absolute atomic E-state index is 0.183. The molecule has 0 spiro atoms. The van der Waals surface area contributed by atoms with Crippen LogP contribution in [-0.2, 0) is 6.54 Å². The first kappa shape index (κ1) is 19.5. The van der Waals surface area contributed by atoms with Crippen LogP contribution in [0.15, 0.2) is 30.5 Å². The molecule has 1 aromatic carbocycles. The van der Waals surface area contributed by atoms with Gasteiger partial charge < -0.3 is 20.1 Å². The van der Waals surface area contributed by atoms with Crippen molar-refractivity contribution in [1.82, 2.24) is 15.3 Å². The molecule has 0 atom stereocenters. The van der Waals surface area contributed by atoms with Crippen molar-refractivity contribution in [3.05, 3.63) is 41.7 Å². The molecule has 7 heteroatoms. The Bertz CT molecular complexity index is 722. The smallest absolute Gasteiger partial charge is 0.270 e. The Balaban J connectivity index is 1.95. The van der Waals surface area contributed by atoms with E-state index in [1.54, 1.807) is 26.5 Å². The van der Waals surface area contributed by atoms with Gasteiger partial charge in [-0.1, -0.05) is 25.8 Å². The van der Waals surface area contributed by atoms with Gasteiger partial charge in [0.2, 0.25) is 5.95 Å². The summed E-state index contributed by atoms with van der Waals surface area (Å²) in [4.78, 5) is 20.6. The number of anilines is 1. The van der Waals surface area contributed by atoms with Gasteiger partial charge in [0.05, 0.1) is 14.2 Å². The Morgan fingerprint density at radius 1 is 1.12 bits per heavy atom. The first-order chi connectivity index (χ1) is 12.7. The minimum Gasteiger partial charge on any atom is -0.493 e. The summed E-state index contributed by atoms with van der Waals surface area (Å²) >= 11 is 0. The van der Waals surface area contributed by atoms with Gasteiger partial charge in [-0.25, -0.2) is 9.97 Å². The average Bonchev–Trinajstić information content (AvgIpc) is 2.69. The number of carbonyl (C=O) groups is 1. The lowest BCUT2D eigenvalue weighted by molar-refractivity contribution is 0.0948. The molecule has 0 unspecified atom stereocenters. The number of hydrogen-bond donors (Lipinski definition) is 2. The van der Waals surface area contributed by atoms with E-state index in [0.29, 0.717) is 36.2 Å². The lowest BCUT2D eigenvalue weighted by Gasteiger charge is -2.10. The number of methoxy groups -OCH3 is 2. The monoisotopic (exact) mass is 358 g/mol. The van der Waals surface area contributed by atoms with Gasteiger partial charge in [-0.2, -0.15) is 0 Å². The third kappa shape index (κ3) is 5.61. The van der Waals surface area contributed by atoms with Crippen molar-refractivity contribution >= 4 is 11.9 Å². The van der Waals surface area contributed by atoms with E-state index >= 15 is 0 Å². The number of nitrogens with zero attached hydrogens (tertiary/aromatic N) is 2. The van der Waals surface area contributed by atoms with Gasteiger partial charge in [-0.15, -0.1) is 0 Å². The lowest BCUT2D eigenvalue weighted by atomic mass is 10.2. The van der Waals surface area contributed by atoms with Crippen molar-refractivity contribution < 1.29 is 14.3 Å². The van der Waals surface area contributed by atoms with Crippen LogP contribution in [0.25, 0.3) is 0 Å². The van der Waals surface area contributed by atoms with Gasteiger partial charge in [0, 0.05) is 19.3 Å². The fourth-order valence-electron chi connectivity index (χ4n) is 2.41. The highest BCUT2D eigenvalue weighted by Gasteiger charge is 2.09. The van der Waals surface area contributed by atoms with Gasteiger partial charge in [-0.3, -0.25) is 4.79 Å². The molecule has 1 aromatic heterocycles. The number of aromatic nitrogens is 2. The molecule has 2 N–H and O–H groups in total. The molecular formula is C19H26N4O3. The molecule has 2 aromatic rings. The van der Waals surface area contributed by atoms with Gasteiger partial charge >= 0.3 is 0 Å². The van der Waals surface area contributed by atoms with E-state index in [0.717, 1.165) is 24.8 Å². The molecule has 0 aliphatic carbocycles. The second-order valence-electron chi connectivity index (χ2n) is 5.77. The molecule has 26 heavy (non-hydrogen) atoms. The predicted octanol–water partition coefficient (Wildman–Crippen LogP) is 3.03. The molecule has 0 saturated heterocycles. The summed E-state index contributed by atoms with van der Waals surface area (Å²) in [6.07, 6.45) is 4.76. The Kier molecular flexibility index (Phi) is 7.67. The number of rotatable bonds is 10. The Hall–Kier alpha value is -2.83. The number of amides is 1. The predicted molar refractivity (Wildman–Crippen MR) is 101 cm³/mol. The highest BCUT2D eigenvalue weighted by atomic mass is 16.5. The van der Waals surface area contributed by atoms with Crippen LogP contribution in [0.2, 0.25) is 0 Å². The summed E-state index contributed by atoms with van der Waals surface area (Å²) in [5.41, 5.74) is 1.34. The van der Waals surface area contributed by atoms with Gasteiger partial charge in [0.15, 0.2) is 11.5 Å². The van der Waals surface area contributed by atoms with Gasteiger partial charge in [0.25, 0.3) is 5.91 Å². The zero-order valence-corrected chi connectivity index (χ0v) is 15.5. The number of hydrogen-bond acceptors (Lipinski definition) is 6. The molecule has 0 aliphatic rings. The topological polar surface area (TPSA) is 85.4 Å². The van der Waals surface area contributed by atoms with E-state index in [9.17, 15) is 4.79 Å². The molecular weight excluding hydrogens is 332 g/mol. The summed E-state index contributed by atoms with van der Waals surface area (Å²) in [5, 5.41) is 6.00. The van der Waals surface area contributed by atoms with Crippen molar-refractivity contribution in [3.8, 4) is 11.5 Å². The molecule has 0 saturated carbocycles. The van der Waals surface area contributed by atoms with Crippen molar-refractivity contribution in [1.29, 1.82) is 0 Å². The number of ether oxygens (including phenoxy) is 2. The average molecular weight is 358 g/mol. The van der Waals surface area contributed by atoms with E-state index < -0.39 is 0 Å². The Labute approximate surface area is 154 Å². The zero-order chi connectivity index (χ0) is 18.8. The number of nitrogens with one attached hydrogen (secondary N) is 2. The third-order valence-electron chi connectivity index (χ3n) is 3.85. The van der Waals surface area contributed by atoms with Crippen molar-refractivity contribution in [2.45, 2.75) is 32.7 Å². The van der Waals surface area contributed by atoms with Gasteiger partial charge in [-0.05, 0) is 30.2 Å². The van der Waals surface area contributed by atoms with E-state index in [1.807, 2.05) is 18.2 Å². The van der Waals surface area contributed by atoms with Crippen LogP contribution >= 0.6 is 0 Å². The maximum Gasteiger partial charge on any atom is 0.270 e. The van der Waals surface area contributed by atoms with Crippen molar-refractivity contribution in [2.75, 3.05) is 26.1 Å². The largest absolute Gasteiger partial charge is 0.493 e. The molecule has 0 bridgehead atoms. The van der Waals surface area contributed by atoms with Crippen LogP contribution in [0.1, 0.15) is 42.2 Å². The maximum absolute atomic E-state index is 12.1. The van der Waals surface area contributed by atoms with E-state index in [-0.39, 0.29) is 5.91 Å². The second-order valence-corrected chi connectivity index (χ2v) is 5.77. The normalized spacial score (nSPS) is 10.3. The fourth-order valence-corrected chi connectivity index (χ4v) is 2.41. The van der Waals surface area contributed by atoms with E-state index in [2.05, 4.69) is 27.5 Å². The summed E-state index contributed by atoms with van der Waals surface area (Å²) < 4.78 is 10.5. The van der Waals surface area contributed by atoms with Crippen LogP contribution in [0.3, 0.4) is 0 Å². The van der Waals surface area contributed by atoms with Crippen LogP contribution < -0.4 is 20.1 Å². The summed E-state index contributed by atoms with van der Waals surface area (Å²) in [6.45, 7) is 3.29. The molecule has 140 valence electrons. The molecule has 2 rings (SSSR count). The molecule has 0 aliphatic heterocycles. The highest BCUT2D eigenvalue weighted by molar-refractivity contribution is 5.92. The molecule has 0 radical (unpaired) electrons. The van der Waals surface area contributed by atoms with E-state index in [1.165, 1.54) is 0 Å². The second kappa shape index (κ2) is 10.2. The lowest BCUT2D eigenvalue weighted by Crippen LogP contribution is -2.25. The van der Waals surface area contributed by atoms with Gasteiger partial charge in [0.1, 0.15) is 5.69 Å². The Morgan fingerprint density at radius 3 is 2.65 bits per heavy atom. The number of carbonyl (C=O) groups excluding carboxylic acids is 1. The maximum atomic E-state index is 12.1. The number of benzene rings is 1. The number of unbranched alkanes of at least 4 members (excludes halogenated alkanes) is 2. The SMILES string of the molecule is CCCCCNC(=O)c1ccnc(NCc2ccc(OC)c(OC)c2)n1. The third-order valence-corrected chi connectivity index (χ3v) is 3.85. The van der Waals surface area contributed by atoms with Crippen molar-refractivity contribution in [3.63, 3.8) is 0 Å². The molecule has 7 nitrogen and oxygen atoms in total. The van der Waals surface area contributed by atoms with Crippen LogP contribution in [0.5, 0.6) is 11.5 Å². The summed E-state index contributed by atoms with van der Waals surface area (Å²) in [7, 11) is 3.20. The van der Waals surface area contributed by atoms with E-state index in [4.69, 9.17) is 9.47 Å². The molecule has 0 fully saturated rings. The molecule has 1 amide bonds. The van der Waals surface area contributed by atoms with Crippen LogP contribution in [0, 0.1) is 0 Å². The summed E-state index contributed by atoms with van der Waals surface area (Å²) in [5.74, 6) is 1.56.